The Kier molecular flexibility index (Phi) is 7.45. The van der Waals surface area contributed by atoms with E-state index in [2.05, 4.69) is 18.8 Å². The fraction of sp³-hybridized carbons (Fsp3) is 0.455. The molecule has 1 amide bonds. The summed E-state index contributed by atoms with van der Waals surface area (Å²) in [6.07, 6.45) is 11.0. The van der Waals surface area contributed by atoms with Crippen LogP contribution in [-0.2, 0) is 9.59 Å². The van der Waals surface area contributed by atoms with Crippen LogP contribution < -0.4 is 5.32 Å². The maximum Gasteiger partial charge on any atom is 0.220 e. The summed E-state index contributed by atoms with van der Waals surface area (Å²) >= 11 is 1.45. The first-order chi connectivity index (χ1) is 12.8. The van der Waals surface area contributed by atoms with Crippen LogP contribution in [0.2, 0.25) is 0 Å². The van der Waals surface area contributed by atoms with Crippen molar-refractivity contribution >= 4 is 23.5 Å². The Labute approximate surface area is 166 Å². The minimum Gasteiger partial charge on any atom is -0.396 e. The molecule has 4 nitrogen and oxygen atoms in total. The first-order valence-corrected chi connectivity index (χ1v) is 10.4. The summed E-state index contributed by atoms with van der Waals surface area (Å²) in [4.78, 5) is 26.1. The van der Waals surface area contributed by atoms with Crippen molar-refractivity contribution in [3.8, 4) is 0 Å². The second-order valence-electron chi connectivity index (χ2n) is 7.12. The predicted octanol–water partition coefficient (Wildman–Crippen LogP) is 4.00. The van der Waals surface area contributed by atoms with Crippen LogP contribution in [0.1, 0.15) is 46.5 Å². The molecule has 0 spiro atoms. The third-order valence-corrected chi connectivity index (χ3v) is 5.95. The zero-order valence-electron chi connectivity index (χ0n) is 16.4. The number of fused-ring (bicyclic) bond motifs is 1. The molecule has 0 aromatic carbocycles. The largest absolute Gasteiger partial charge is 0.396 e. The summed E-state index contributed by atoms with van der Waals surface area (Å²) in [6.45, 7) is 10.0. The number of rotatable bonds is 8. The summed E-state index contributed by atoms with van der Waals surface area (Å²) in [5.41, 5.74) is 2.07. The van der Waals surface area contributed by atoms with Crippen LogP contribution in [0.15, 0.2) is 58.1 Å². The Balaban J connectivity index is 2.29. The molecule has 5 heteroatoms. The lowest BCUT2D eigenvalue weighted by Gasteiger charge is -2.28. The van der Waals surface area contributed by atoms with Gasteiger partial charge in [0.2, 0.25) is 5.91 Å². The number of carbonyl (C=O) groups excluding carboxylic acids is 2. The summed E-state index contributed by atoms with van der Waals surface area (Å²) in [7, 11) is 0. The van der Waals surface area contributed by atoms with Gasteiger partial charge in [0.1, 0.15) is 0 Å². The number of nitrogens with one attached hydrogen (secondary N) is 1. The molecule has 0 aliphatic heterocycles. The quantitative estimate of drug-likeness (QED) is 0.618. The zero-order valence-corrected chi connectivity index (χ0v) is 17.2. The van der Waals surface area contributed by atoms with Gasteiger partial charge in [0.25, 0.3) is 0 Å². The van der Waals surface area contributed by atoms with E-state index in [0.717, 1.165) is 35.3 Å². The second-order valence-corrected chi connectivity index (χ2v) is 8.22. The monoisotopic (exact) mass is 387 g/mol. The predicted molar refractivity (Wildman–Crippen MR) is 112 cm³/mol. The average Bonchev–Trinajstić information content (AvgIpc) is 2.79. The lowest BCUT2D eigenvalue weighted by Crippen LogP contribution is -2.43. The van der Waals surface area contributed by atoms with E-state index in [1.807, 2.05) is 31.2 Å². The van der Waals surface area contributed by atoms with Gasteiger partial charge in [0, 0.05) is 28.2 Å². The second kappa shape index (κ2) is 9.38. The Morgan fingerprint density at radius 3 is 2.74 bits per heavy atom. The summed E-state index contributed by atoms with van der Waals surface area (Å²) in [6, 6.07) is 0. The molecular weight excluding hydrogens is 358 g/mol. The van der Waals surface area contributed by atoms with E-state index < -0.39 is 5.54 Å². The third kappa shape index (κ3) is 5.11. The van der Waals surface area contributed by atoms with Gasteiger partial charge < -0.3 is 10.4 Å². The molecule has 2 rings (SSSR count). The molecular formula is C22H29NO3S. The molecule has 0 fully saturated rings. The first kappa shape index (κ1) is 21.5. The maximum absolute atomic E-state index is 13.0. The molecule has 2 aliphatic rings. The van der Waals surface area contributed by atoms with Gasteiger partial charge in [-0.15, -0.1) is 11.8 Å². The average molecular weight is 388 g/mol. The highest BCUT2D eigenvalue weighted by Gasteiger charge is 2.33. The molecule has 146 valence electrons. The van der Waals surface area contributed by atoms with Crippen LogP contribution in [-0.4, -0.2) is 34.7 Å². The standard InChI is InChI=1S/C22H29NO3S/c1-5-6-7-10-19(25)23-22(4)11-8-9-17-15(2)21(27-13-12-24)16(3)20(26)18(17)14-22/h8-9,11,14,24H,2,5-7,10,12-13H2,1,3-4H3,(H,23,25). The van der Waals surface area contributed by atoms with E-state index in [-0.39, 0.29) is 18.3 Å². The van der Waals surface area contributed by atoms with Gasteiger partial charge in [-0.3, -0.25) is 9.59 Å². The highest BCUT2D eigenvalue weighted by atomic mass is 32.2. The summed E-state index contributed by atoms with van der Waals surface area (Å²) in [5.74, 6) is 0.459. The van der Waals surface area contributed by atoms with Gasteiger partial charge in [0.05, 0.1) is 12.1 Å². The molecule has 2 aliphatic carbocycles. The molecule has 2 N–H and O–H groups in total. The van der Waals surface area contributed by atoms with E-state index in [9.17, 15) is 9.59 Å². The molecule has 0 bridgehead atoms. The highest BCUT2D eigenvalue weighted by molar-refractivity contribution is 8.03. The fourth-order valence-electron chi connectivity index (χ4n) is 3.28. The van der Waals surface area contributed by atoms with Crippen LogP contribution >= 0.6 is 11.8 Å². The minimum atomic E-state index is -0.719. The van der Waals surface area contributed by atoms with Crippen molar-refractivity contribution in [2.24, 2.45) is 0 Å². The van der Waals surface area contributed by atoms with E-state index in [1.54, 1.807) is 6.92 Å². The highest BCUT2D eigenvalue weighted by Crippen LogP contribution is 2.41. The van der Waals surface area contributed by atoms with Crippen LogP contribution in [0.4, 0.5) is 0 Å². The molecule has 0 saturated carbocycles. The number of thioether (sulfide) groups is 1. The number of unbranched alkanes of at least 4 members (excludes halogenated alkanes) is 2. The number of ketones is 1. The van der Waals surface area contributed by atoms with Crippen LogP contribution in [0.25, 0.3) is 0 Å². The Bertz CT molecular complexity index is 758. The number of allylic oxidation sites excluding steroid dienone is 6. The van der Waals surface area contributed by atoms with Crippen molar-refractivity contribution < 1.29 is 14.7 Å². The van der Waals surface area contributed by atoms with E-state index in [0.29, 0.717) is 23.3 Å². The van der Waals surface area contributed by atoms with Crippen LogP contribution in [0, 0.1) is 0 Å². The van der Waals surface area contributed by atoms with Gasteiger partial charge in [-0.2, -0.15) is 0 Å². The van der Waals surface area contributed by atoms with Crippen molar-refractivity contribution in [1.29, 1.82) is 0 Å². The van der Waals surface area contributed by atoms with Crippen molar-refractivity contribution in [2.75, 3.05) is 12.4 Å². The third-order valence-electron chi connectivity index (χ3n) is 4.72. The molecule has 0 aromatic rings. The summed E-state index contributed by atoms with van der Waals surface area (Å²) < 4.78 is 0. The first-order valence-electron chi connectivity index (χ1n) is 9.45. The summed E-state index contributed by atoms with van der Waals surface area (Å²) in [5, 5.41) is 12.2. The smallest absolute Gasteiger partial charge is 0.220 e. The van der Waals surface area contributed by atoms with E-state index in [1.165, 1.54) is 11.8 Å². The fourth-order valence-corrected chi connectivity index (χ4v) is 4.17. The maximum atomic E-state index is 13.0. The molecule has 0 saturated heterocycles. The Morgan fingerprint density at radius 2 is 2.07 bits per heavy atom. The van der Waals surface area contributed by atoms with Crippen molar-refractivity contribution in [3.63, 3.8) is 0 Å². The number of aliphatic hydroxyl groups excluding tert-OH is 1. The van der Waals surface area contributed by atoms with E-state index in [4.69, 9.17) is 5.11 Å². The van der Waals surface area contributed by atoms with Gasteiger partial charge >= 0.3 is 0 Å². The lowest BCUT2D eigenvalue weighted by atomic mass is 9.83. The molecule has 0 aromatic heterocycles. The molecule has 1 atom stereocenters. The lowest BCUT2D eigenvalue weighted by molar-refractivity contribution is -0.122. The number of hydrogen-bond donors (Lipinski definition) is 2. The molecule has 0 heterocycles. The SMILES string of the molecule is C=C1C2=CC=CC(C)(NC(=O)CCCCC)C=C2C(=O)C(C)=C1SCCO. The van der Waals surface area contributed by atoms with Crippen molar-refractivity contribution in [2.45, 2.75) is 52.0 Å². The normalized spacial score (nSPS) is 22.2. The number of hydrogen-bond acceptors (Lipinski definition) is 4. The van der Waals surface area contributed by atoms with Crippen molar-refractivity contribution in [1.82, 2.24) is 5.32 Å². The van der Waals surface area contributed by atoms with Crippen LogP contribution in [0.5, 0.6) is 0 Å². The van der Waals surface area contributed by atoms with Gasteiger partial charge in [-0.25, -0.2) is 0 Å². The Hall–Kier alpha value is -1.85. The van der Waals surface area contributed by atoms with Gasteiger partial charge in [-0.1, -0.05) is 44.6 Å². The van der Waals surface area contributed by atoms with Gasteiger partial charge in [0.15, 0.2) is 5.78 Å². The number of aliphatic hydroxyl groups is 1. The number of Topliss-reactive ketones (excluding diaryl/α,β-unsaturated/α-hetero) is 1. The van der Waals surface area contributed by atoms with Crippen LogP contribution in [0.3, 0.4) is 0 Å². The molecule has 0 radical (unpaired) electrons. The number of amides is 1. The van der Waals surface area contributed by atoms with E-state index >= 15 is 0 Å². The topological polar surface area (TPSA) is 66.4 Å². The minimum absolute atomic E-state index is 0.00978. The van der Waals surface area contributed by atoms with Gasteiger partial charge in [-0.05, 0) is 37.5 Å². The molecule has 1 unspecified atom stereocenters. The molecule has 27 heavy (non-hydrogen) atoms. The van der Waals surface area contributed by atoms with Crippen molar-refractivity contribution in [3.05, 3.63) is 58.1 Å². The zero-order chi connectivity index (χ0) is 20.0. The number of carbonyl (C=O) groups is 2. The Morgan fingerprint density at radius 1 is 1.33 bits per heavy atom.